The van der Waals surface area contributed by atoms with E-state index in [1.165, 1.54) is 12.0 Å². The topological polar surface area (TPSA) is 58.0 Å². The van der Waals surface area contributed by atoms with Gasteiger partial charge in [-0.05, 0) is 44.0 Å². The highest BCUT2D eigenvalue weighted by Gasteiger charge is 2.29. The fourth-order valence-electron chi connectivity index (χ4n) is 3.30. The number of benzene rings is 1. The lowest BCUT2D eigenvalue weighted by molar-refractivity contribution is 0.220. The average molecular weight is 296 g/mol. The van der Waals surface area contributed by atoms with Crippen molar-refractivity contribution in [2.24, 2.45) is 0 Å². The third kappa shape index (κ3) is 2.41. The summed E-state index contributed by atoms with van der Waals surface area (Å²) in [5, 5.41) is 0. The van der Waals surface area contributed by atoms with Crippen LogP contribution in [0.3, 0.4) is 0 Å². The van der Waals surface area contributed by atoms with E-state index < -0.39 is 0 Å². The summed E-state index contributed by atoms with van der Waals surface area (Å²) < 4.78 is 5.62. The summed E-state index contributed by atoms with van der Waals surface area (Å²) >= 11 is 0. The van der Waals surface area contributed by atoms with Gasteiger partial charge in [0, 0.05) is 6.92 Å². The van der Waals surface area contributed by atoms with Crippen molar-refractivity contribution in [1.29, 1.82) is 0 Å². The molecule has 22 heavy (non-hydrogen) atoms. The van der Waals surface area contributed by atoms with Gasteiger partial charge < -0.3 is 9.40 Å². The molecule has 1 aromatic carbocycles. The van der Waals surface area contributed by atoms with Crippen molar-refractivity contribution in [3.8, 4) is 0 Å². The van der Waals surface area contributed by atoms with Crippen molar-refractivity contribution in [1.82, 2.24) is 19.9 Å². The second-order valence-corrected chi connectivity index (χ2v) is 6.12. The second kappa shape index (κ2) is 5.25. The second-order valence-electron chi connectivity index (χ2n) is 6.12. The summed E-state index contributed by atoms with van der Waals surface area (Å²) in [6, 6.07) is 6.68. The van der Waals surface area contributed by atoms with Gasteiger partial charge in [-0.15, -0.1) is 0 Å². The first kappa shape index (κ1) is 13.5. The van der Waals surface area contributed by atoms with Crippen molar-refractivity contribution in [2.75, 3.05) is 6.54 Å². The number of aromatic nitrogens is 3. The minimum absolute atomic E-state index is 0.332. The molecule has 1 saturated heterocycles. The molecule has 0 bridgehead atoms. The largest absolute Gasteiger partial charge is 0.445 e. The van der Waals surface area contributed by atoms with Crippen LogP contribution in [0.15, 0.2) is 28.8 Å². The predicted octanol–water partition coefficient (Wildman–Crippen LogP) is 3.50. The van der Waals surface area contributed by atoms with Crippen LogP contribution in [0.4, 0.5) is 0 Å². The van der Waals surface area contributed by atoms with Crippen LogP contribution in [-0.4, -0.2) is 26.4 Å². The molecule has 1 atom stereocenters. The fraction of sp³-hybridized carbons (Fsp3) is 0.412. The number of hydrogen-bond acceptors (Lipinski definition) is 4. The lowest BCUT2D eigenvalue weighted by Crippen LogP contribution is -2.23. The number of aromatic amines is 1. The lowest BCUT2D eigenvalue weighted by Gasteiger charge is -2.21. The Bertz CT molecular complexity index is 804. The Labute approximate surface area is 129 Å². The number of aryl methyl sites for hydroxylation is 2. The Kier molecular flexibility index (Phi) is 3.22. The van der Waals surface area contributed by atoms with Gasteiger partial charge >= 0.3 is 0 Å². The molecule has 3 heterocycles. The predicted molar refractivity (Wildman–Crippen MR) is 84.5 cm³/mol. The van der Waals surface area contributed by atoms with Crippen molar-refractivity contribution in [3.63, 3.8) is 0 Å². The molecule has 2 aromatic heterocycles. The summed E-state index contributed by atoms with van der Waals surface area (Å²) in [7, 11) is 0. The minimum Gasteiger partial charge on any atom is -0.445 e. The molecule has 4 rings (SSSR count). The smallest absolute Gasteiger partial charge is 0.191 e. The molecule has 1 unspecified atom stereocenters. The monoisotopic (exact) mass is 296 g/mol. The maximum absolute atomic E-state index is 5.62. The van der Waals surface area contributed by atoms with E-state index in [9.17, 15) is 0 Å². The van der Waals surface area contributed by atoms with Gasteiger partial charge in [0.1, 0.15) is 11.6 Å². The zero-order valence-electron chi connectivity index (χ0n) is 13.0. The minimum atomic E-state index is 0.332. The highest BCUT2D eigenvalue weighted by atomic mass is 16.4. The number of nitrogens with zero attached hydrogens (tertiary/aromatic N) is 3. The quantitative estimate of drug-likeness (QED) is 0.803. The molecule has 5 nitrogen and oxygen atoms in total. The molecule has 0 saturated carbocycles. The molecule has 114 valence electrons. The molecule has 5 heteroatoms. The van der Waals surface area contributed by atoms with Gasteiger partial charge in [0.2, 0.25) is 0 Å². The van der Waals surface area contributed by atoms with Crippen molar-refractivity contribution in [3.05, 3.63) is 47.4 Å². The highest BCUT2D eigenvalue weighted by Crippen LogP contribution is 2.32. The zero-order valence-corrected chi connectivity index (χ0v) is 13.0. The standard InChI is InChI=1S/C17H20N4O/c1-11-5-6-14-15(8-11)20-17(19-14)16-4-3-7-21(16)10-13-9-18-12(2)22-13/h5-6,8-9,16H,3-4,7,10H2,1-2H3,(H,19,20). The first-order valence-electron chi connectivity index (χ1n) is 7.81. The Morgan fingerprint density at radius 1 is 1.36 bits per heavy atom. The number of nitrogens with one attached hydrogen (secondary N) is 1. The number of rotatable bonds is 3. The highest BCUT2D eigenvalue weighted by molar-refractivity contribution is 5.75. The summed E-state index contributed by atoms with van der Waals surface area (Å²) in [4.78, 5) is 14.9. The first-order chi connectivity index (χ1) is 10.7. The maximum atomic E-state index is 5.62. The van der Waals surface area contributed by atoms with Crippen LogP contribution in [0, 0.1) is 13.8 Å². The number of fused-ring (bicyclic) bond motifs is 1. The molecule has 1 N–H and O–H groups in total. The van der Waals surface area contributed by atoms with Crippen molar-refractivity contribution >= 4 is 11.0 Å². The van der Waals surface area contributed by atoms with Crippen LogP contribution in [0.1, 0.15) is 41.9 Å². The number of hydrogen-bond donors (Lipinski definition) is 1. The van der Waals surface area contributed by atoms with E-state index in [-0.39, 0.29) is 0 Å². The Morgan fingerprint density at radius 3 is 3.09 bits per heavy atom. The van der Waals surface area contributed by atoms with Gasteiger partial charge in [0.15, 0.2) is 5.89 Å². The molecular formula is C17H20N4O. The van der Waals surface area contributed by atoms with Gasteiger partial charge in [-0.2, -0.15) is 0 Å². The van der Waals surface area contributed by atoms with Gasteiger partial charge in [0.25, 0.3) is 0 Å². The SMILES string of the molecule is Cc1ccc2nc(C3CCCN3Cc3cnc(C)o3)[nH]c2c1. The van der Waals surface area contributed by atoms with Crippen molar-refractivity contribution < 1.29 is 4.42 Å². The third-order valence-corrected chi connectivity index (χ3v) is 4.36. The van der Waals surface area contributed by atoms with E-state index in [1.54, 1.807) is 0 Å². The summed E-state index contributed by atoms with van der Waals surface area (Å²) in [5.41, 5.74) is 3.42. The average Bonchev–Trinajstić information content (AvgIpc) is 3.18. The Hall–Kier alpha value is -2.14. The van der Waals surface area contributed by atoms with E-state index in [4.69, 9.17) is 9.40 Å². The number of H-pyrrole nitrogens is 1. The molecule has 0 radical (unpaired) electrons. The molecule has 3 aromatic rings. The van der Waals surface area contributed by atoms with Gasteiger partial charge in [-0.3, -0.25) is 4.90 Å². The van der Waals surface area contributed by atoms with Crippen LogP contribution in [0.2, 0.25) is 0 Å². The molecule has 0 amide bonds. The van der Waals surface area contributed by atoms with Crippen molar-refractivity contribution in [2.45, 2.75) is 39.3 Å². The zero-order chi connectivity index (χ0) is 15.1. The van der Waals surface area contributed by atoms with E-state index in [0.717, 1.165) is 48.0 Å². The van der Waals surface area contributed by atoms with E-state index in [2.05, 4.69) is 40.0 Å². The number of oxazole rings is 1. The van der Waals surface area contributed by atoms with Crippen LogP contribution in [0.25, 0.3) is 11.0 Å². The normalized spacial score (nSPS) is 19.3. The van der Waals surface area contributed by atoms with Gasteiger partial charge in [-0.25, -0.2) is 9.97 Å². The van der Waals surface area contributed by atoms with Crippen LogP contribution in [0.5, 0.6) is 0 Å². The summed E-state index contributed by atoms with van der Waals surface area (Å²) in [5.74, 6) is 2.72. The van der Waals surface area contributed by atoms with Crippen LogP contribution < -0.4 is 0 Å². The summed E-state index contributed by atoms with van der Waals surface area (Å²) in [6.45, 7) is 5.85. The Morgan fingerprint density at radius 2 is 2.27 bits per heavy atom. The Balaban J connectivity index is 1.61. The van der Waals surface area contributed by atoms with Crippen LogP contribution >= 0.6 is 0 Å². The number of likely N-dealkylation sites (tertiary alicyclic amines) is 1. The fourth-order valence-corrected chi connectivity index (χ4v) is 3.30. The van der Waals surface area contributed by atoms with E-state index in [0.29, 0.717) is 6.04 Å². The van der Waals surface area contributed by atoms with E-state index >= 15 is 0 Å². The molecule has 0 spiro atoms. The molecule has 1 aliphatic rings. The first-order valence-corrected chi connectivity index (χ1v) is 7.81. The molecule has 1 fully saturated rings. The molecule has 1 aliphatic heterocycles. The summed E-state index contributed by atoms with van der Waals surface area (Å²) in [6.07, 6.45) is 4.15. The molecular weight excluding hydrogens is 276 g/mol. The maximum Gasteiger partial charge on any atom is 0.191 e. The van der Waals surface area contributed by atoms with E-state index in [1.807, 2.05) is 13.1 Å². The van der Waals surface area contributed by atoms with Crippen LogP contribution in [-0.2, 0) is 6.54 Å². The van der Waals surface area contributed by atoms with Gasteiger partial charge in [0.05, 0.1) is 29.8 Å². The lowest BCUT2D eigenvalue weighted by atomic mass is 10.2. The number of imidazole rings is 1. The molecule has 0 aliphatic carbocycles. The van der Waals surface area contributed by atoms with Gasteiger partial charge in [-0.1, -0.05) is 6.07 Å². The third-order valence-electron chi connectivity index (χ3n) is 4.36.